The van der Waals surface area contributed by atoms with Gasteiger partial charge in [-0.2, -0.15) is 0 Å². The number of likely N-dealkylation sites (N-methyl/N-ethyl adjacent to an activating group) is 1. The maximum absolute atomic E-state index is 12.8. The van der Waals surface area contributed by atoms with Gasteiger partial charge in [-0.3, -0.25) is 9.59 Å². The number of rotatable bonds is 52. The van der Waals surface area contributed by atoms with Gasteiger partial charge in [0.1, 0.15) is 6.61 Å². The van der Waals surface area contributed by atoms with Crippen LogP contribution in [0.25, 0.3) is 0 Å². The Bertz CT molecular complexity index is 1250. The molecule has 0 bridgehead atoms. The van der Waals surface area contributed by atoms with Crippen molar-refractivity contribution in [2.45, 2.75) is 276 Å². The summed E-state index contributed by atoms with van der Waals surface area (Å²) in [5, 5.41) is 9.68. The Hall–Kier alpha value is -2.71. The minimum absolute atomic E-state index is 0.0545. The fourth-order valence-corrected chi connectivity index (χ4v) is 8.51. The molecule has 0 saturated heterocycles. The van der Waals surface area contributed by atoms with Crippen molar-refractivity contribution in [2.24, 2.45) is 0 Å². The highest BCUT2D eigenvalue weighted by molar-refractivity contribution is 5.72. The van der Waals surface area contributed by atoms with E-state index >= 15 is 0 Å². The number of quaternary nitrogens is 1. The number of hydrogen-bond donors (Lipinski definition) is 1. The van der Waals surface area contributed by atoms with E-state index < -0.39 is 18.1 Å². The lowest BCUT2D eigenvalue weighted by molar-refractivity contribution is -0.887. The van der Waals surface area contributed by atoms with Crippen LogP contribution in [-0.2, 0) is 28.6 Å². The Morgan fingerprint density at radius 2 is 0.779 bits per heavy atom. The van der Waals surface area contributed by atoms with Crippen molar-refractivity contribution in [3.05, 3.63) is 48.6 Å². The van der Waals surface area contributed by atoms with Crippen molar-refractivity contribution in [1.82, 2.24) is 0 Å². The average Bonchev–Trinajstić information content (AvgIpc) is 3.30. The van der Waals surface area contributed by atoms with Gasteiger partial charge in [0.2, 0.25) is 0 Å². The summed E-state index contributed by atoms with van der Waals surface area (Å²) in [4.78, 5) is 37.3. The predicted octanol–water partition coefficient (Wildman–Crippen LogP) is 17.1. The van der Waals surface area contributed by atoms with Crippen LogP contribution in [0.3, 0.4) is 0 Å². The molecule has 0 radical (unpaired) electrons. The van der Waals surface area contributed by atoms with E-state index in [0.717, 1.165) is 57.8 Å². The smallest absolute Gasteiger partial charge is 0.362 e. The fourth-order valence-electron chi connectivity index (χ4n) is 8.51. The standard InChI is InChI=1S/C60H109NO7/c1-6-8-10-12-14-16-18-20-22-24-26-28-30-32-34-36-38-40-42-44-46-48-50-58(62)67-55-56(54-66-53-52-57(60(64)65)61(3,4)5)68-59(63)51-49-47-45-43-41-39-37-35-33-31-29-27-25-23-21-19-17-15-13-11-9-7-2/h15,17,21,23,27,29-30,32,56-57H,6-14,16,18-20,22,24-26,28,31,33-55H2,1-5H3/p+1/b17-15+,23-21+,29-27+,32-30+. The highest BCUT2D eigenvalue weighted by Crippen LogP contribution is 2.16. The first-order valence-electron chi connectivity index (χ1n) is 28.7. The van der Waals surface area contributed by atoms with Gasteiger partial charge in [0.05, 0.1) is 34.4 Å². The van der Waals surface area contributed by atoms with Gasteiger partial charge in [-0.05, 0) is 77.0 Å². The average molecular weight is 958 g/mol. The largest absolute Gasteiger partial charge is 0.477 e. The third-order valence-corrected chi connectivity index (χ3v) is 13.0. The molecule has 8 nitrogen and oxygen atoms in total. The molecule has 0 heterocycles. The number of allylic oxidation sites excluding steroid dienone is 8. The van der Waals surface area contributed by atoms with Gasteiger partial charge in [0.25, 0.3) is 0 Å². The maximum atomic E-state index is 12.8. The number of carboxylic acids is 1. The molecule has 0 aliphatic heterocycles. The molecule has 0 aliphatic carbocycles. The number of ether oxygens (including phenoxy) is 3. The molecule has 0 aromatic heterocycles. The second-order valence-corrected chi connectivity index (χ2v) is 20.5. The first-order chi connectivity index (χ1) is 33.1. The van der Waals surface area contributed by atoms with E-state index in [1.807, 2.05) is 21.1 Å². The molecule has 0 amide bonds. The van der Waals surface area contributed by atoms with E-state index in [4.69, 9.17) is 14.2 Å². The minimum Gasteiger partial charge on any atom is -0.477 e. The van der Waals surface area contributed by atoms with E-state index in [9.17, 15) is 19.5 Å². The zero-order valence-corrected chi connectivity index (χ0v) is 45.3. The number of carboxylic acid groups (broad SMARTS) is 1. The highest BCUT2D eigenvalue weighted by atomic mass is 16.6. The van der Waals surface area contributed by atoms with Crippen LogP contribution in [-0.4, -0.2) is 80.6 Å². The van der Waals surface area contributed by atoms with E-state index in [-0.39, 0.29) is 36.2 Å². The fraction of sp³-hybridized carbons (Fsp3) is 0.817. The van der Waals surface area contributed by atoms with Gasteiger partial charge in [0, 0.05) is 19.3 Å². The summed E-state index contributed by atoms with van der Waals surface area (Å²) >= 11 is 0. The van der Waals surface area contributed by atoms with Crippen molar-refractivity contribution in [3.8, 4) is 0 Å². The zero-order valence-electron chi connectivity index (χ0n) is 45.3. The van der Waals surface area contributed by atoms with Gasteiger partial charge < -0.3 is 23.8 Å². The Morgan fingerprint density at radius 1 is 0.441 bits per heavy atom. The lowest BCUT2D eigenvalue weighted by Gasteiger charge is -2.31. The molecule has 0 saturated carbocycles. The van der Waals surface area contributed by atoms with Crippen LogP contribution in [0.15, 0.2) is 48.6 Å². The summed E-state index contributed by atoms with van der Waals surface area (Å²) in [5.74, 6) is -1.47. The summed E-state index contributed by atoms with van der Waals surface area (Å²) in [6, 6.07) is -0.618. The van der Waals surface area contributed by atoms with Gasteiger partial charge in [-0.15, -0.1) is 0 Å². The second-order valence-electron chi connectivity index (χ2n) is 20.5. The second kappa shape index (κ2) is 50.7. The van der Waals surface area contributed by atoms with E-state index in [1.54, 1.807) is 0 Å². The van der Waals surface area contributed by atoms with Crippen molar-refractivity contribution in [3.63, 3.8) is 0 Å². The van der Waals surface area contributed by atoms with Crippen molar-refractivity contribution >= 4 is 17.9 Å². The molecule has 0 aromatic rings. The van der Waals surface area contributed by atoms with Crippen molar-refractivity contribution < 1.29 is 38.2 Å². The molecule has 0 aliphatic rings. The number of esters is 2. The molecule has 1 N–H and O–H groups in total. The minimum atomic E-state index is -0.875. The number of carbonyl (C=O) groups excluding carboxylic acids is 2. The first kappa shape index (κ1) is 65.3. The molecule has 2 atom stereocenters. The molecule has 396 valence electrons. The summed E-state index contributed by atoms with van der Waals surface area (Å²) < 4.78 is 17.4. The summed E-state index contributed by atoms with van der Waals surface area (Å²) in [6.45, 7) is 4.74. The third-order valence-electron chi connectivity index (χ3n) is 13.0. The van der Waals surface area contributed by atoms with Crippen LogP contribution < -0.4 is 0 Å². The Balaban J connectivity index is 4.19. The summed E-state index contributed by atoms with van der Waals surface area (Å²) in [7, 11) is 5.54. The first-order valence-corrected chi connectivity index (χ1v) is 28.7. The number of carbonyl (C=O) groups is 3. The van der Waals surface area contributed by atoms with E-state index in [2.05, 4.69) is 62.5 Å². The Labute approximate surface area is 420 Å². The monoisotopic (exact) mass is 957 g/mol. The Kier molecular flexibility index (Phi) is 48.7. The number of aliphatic carboxylic acids is 1. The number of hydrogen-bond acceptors (Lipinski definition) is 6. The van der Waals surface area contributed by atoms with E-state index in [1.165, 1.54) is 173 Å². The lowest BCUT2D eigenvalue weighted by Crippen LogP contribution is -2.50. The maximum Gasteiger partial charge on any atom is 0.362 e. The normalized spacial score (nSPS) is 13.1. The molecule has 8 heteroatoms. The zero-order chi connectivity index (χ0) is 49.9. The van der Waals surface area contributed by atoms with Gasteiger partial charge in [-0.1, -0.05) is 217 Å². The topological polar surface area (TPSA) is 99.1 Å². The summed E-state index contributed by atoms with van der Waals surface area (Å²) in [5.41, 5.74) is 0. The van der Waals surface area contributed by atoms with Crippen molar-refractivity contribution in [2.75, 3.05) is 41.0 Å². The van der Waals surface area contributed by atoms with Gasteiger partial charge in [-0.25, -0.2) is 4.79 Å². The molecular weight excluding hydrogens is 847 g/mol. The van der Waals surface area contributed by atoms with Crippen LogP contribution in [0, 0.1) is 0 Å². The Morgan fingerprint density at radius 3 is 1.19 bits per heavy atom. The number of nitrogens with zero attached hydrogens (tertiary/aromatic N) is 1. The van der Waals surface area contributed by atoms with Crippen LogP contribution in [0.1, 0.15) is 264 Å². The molecule has 0 aromatic carbocycles. The SMILES string of the molecule is CCCCC/C=C/C/C=C/C/C=C/CCCCCCCCCCCC(=O)OC(COCCC(C(=O)O)[N+](C)(C)C)COC(=O)CCCCCCCCC/C=C/CCCCCCCCCCCCC. The molecule has 2 unspecified atom stereocenters. The van der Waals surface area contributed by atoms with E-state index in [0.29, 0.717) is 19.3 Å². The van der Waals surface area contributed by atoms with Crippen LogP contribution in [0.4, 0.5) is 0 Å². The molecule has 0 rings (SSSR count). The number of unbranched alkanes of at least 4 members (excludes halogenated alkanes) is 30. The summed E-state index contributed by atoms with van der Waals surface area (Å²) in [6.07, 6.45) is 63.1. The van der Waals surface area contributed by atoms with Crippen molar-refractivity contribution in [1.29, 1.82) is 0 Å². The van der Waals surface area contributed by atoms with Gasteiger partial charge >= 0.3 is 17.9 Å². The molecule has 68 heavy (non-hydrogen) atoms. The van der Waals surface area contributed by atoms with Crippen LogP contribution in [0.2, 0.25) is 0 Å². The predicted molar refractivity (Wildman–Crippen MR) is 289 cm³/mol. The van der Waals surface area contributed by atoms with Crippen LogP contribution in [0.5, 0.6) is 0 Å². The highest BCUT2D eigenvalue weighted by Gasteiger charge is 2.31. The van der Waals surface area contributed by atoms with Crippen LogP contribution >= 0.6 is 0 Å². The molecule has 0 spiro atoms. The quantitative estimate of drug-likeness (QED) is 0.0281. The van der Waals surface area contributed by atoms with Gasteiger partial charge in [0.15, 0.2) is 12.1 Å². The molecular formula is C60H110NO7+. The third kappa shape index (κ3) is 48.3. The lowest BCUT2D eigenvalue weighted by atomic mass is 10.0. The molecule has 0 fully saturated rings.